The zero-order chi connectivity index (χ0) is 11.0. The highest BCUT2D eigenvalue weighted by molar-refractivity contribution is 5.96. The minimum absolute atomic E-state index is 0.127. The topological polar surface area (TPSA) is 46.3 Å². The van der Waals surface area contributed by atoms with Crippen molar-refractivity contribution in [2.75, 3.05) is 18.0 Å². The molecule has 0 aliphatic carbocycles. The Morgan fingerprint density at radius 3 is 2.73 bits per heavy atom. The van der Waals surface area contributed by atoms with Gasteiger partial charge in [-0.3, -0.25) is 4.79 Å². The van der Waals surface area contributed by atoms with Gasteiger partial charge in [0.2, 0.25) is 5.91 Å². The van der Waals surface area contributed by atoms with Crippen LogP contribution in [-0.2, 0) is 11.2 Å². The molecule has 1 aromatic carbocycles. The highest BCUT2D eigenvalue weighted by Crippen LogP contribution is 2.29. The van der Waals surface area contributed by atoms with Crippen LogP contribution in [0.2, 0.25) is 0 Å². The van der Waals surface area contributed by atoms with Crippen molar-refractivity contribution in [3.63, 3.8) is 0 Å². The van der Waals surface area contributed by atoms with Crippen molar-refractivity contribution in [2.45, 2.75) is 6.42 Å². The first-order valence-electron chi connectivity index (χ1n) is 4.62. The summed E-state index contributed by atoms with van der Waals surface area (Å²) in [6, 6.07) is 2.18. The van der Waals surface area contributed by atoms with Gasteiger partial charge in [0.1, 0.15) is 0 Å². The van der Waals surface area contributed by atoms with E-state index in [0.717, 1.165) is 12.1 Å². The number of nitrogens with zero attached hydrogens (tertiary/aromatic N) is 1. The van der Waals surface area contributed by atoms with Crippen LogP contribution in [0.15, 0.2) is 12.1 Å². The molecule has 2 rings (SSSR count). The summed E-state index contributed by atoms with van der Waals surface area (Å²) in [5.41, 5.74) is 6.30. The summed E-state index contributed by atoms with van der Waals surface area (Å²) >= 11 is 0. The Hall–Kier alpha value is -1.49. The van der Waals surface area contributed by atoms with E-state index in [9.17, 15) is 13.6 Å². The van der Waals surface area contributed by atoms with Crippen molar-refractivity contribution in [2.24, 2.45) is 5.73 Å². The molecular weight excluding hydrogens is 202 g/mol. The molecule has 1 aliphatic heterocycles. The summed E-state index contributed by atoms with van der Waals surface area (Å²) < 4.78 is 25.9. The molecule has 1 aliphatic rings. The van der Waals surface area contributed by atoms with Crippen LogP contribution in [0.5, 0.6) is 0 Å². The summed E-state index contributed by atoms with van der Waals surface area (Å²) in [5.74, 6) is -2.10. The number of fused-ring (bicyclic) bond motifs is 1. The molecule has 0 bridgehead atoms. The van der Waals surface area contributed by atoms with Gasteiger partial charge >= 0.3 is 0 Å². The molecule has 0 saturated heterocycles. The molecule has 0 fully saturated rings. The third-order valence-corrected chi connectivity index (χ3v) is 2.49. The average molecular weight is 212 g/mol. The second kappa shape index (κ2) is 3.58. The lowest BCUT2D eigenvalue weighted by Gasteiger charge is -2.16. The Kier molecular flexibility index (Phi) is 2.40. The fraction of sp³-hybridized carbons (Fsp3) is 0.300. The third-order valence-electron chi connectivity index (χ3n) is 2.49. The van der Waals surface area contributed by atoms with Crippen LogP contribution in [0.4, 0.5) is 14.5 Å². The fourth-order valence-electron chi connectivity index (χ4n) is 1.75. The molecular formula is C10H10F2N2O. The first kappa shape index (κ1) is 10.0. The number of hydrogen-bond donors (Lipinski definition) is 1. The van der Waals surface area contributed by atoms with Gasteiger partial charge in [0.25, 0.3) is 0 Å². The van der Waals surface area contributed by atoms with E-state index in [2.05, 4.69) is 0 Å². The van der Waals surface area contributed by atoms with Gasteiger partial charge in [-0.2, -0.15) is 0 Å². The molecule has 1 amide bonds. The highest BCUT2D eigenvalue weighted by Gasteiger charge is 2.25. The Morgan fingerprint density at radius 2 is 2.07 bits per heavy atom. The SMILES string of the molecule is NCC(=O)N1CCc2cc(F)c(F)cc21. The molecule has 5 heteroatoms. The summed E-state index contributed by atoms with van der Waals surface area (Å²) in [5, 5.41) is 0. The largest absolute Gasteiger partial charge is 0.322 e. The van der Waals surface area contributed by atoms with Crippen LogP contribution < -0.4 is 10.6 Å². The van der Waals surface area contributed by atoms with Crippen LogP contribution >= 0.6 is 0 Å². The highest BCUT2D eigenvalue weighted by atomic mass is 19.2. The van der Waals surface area contributed by atoms with Crippen LogP contribution in [-0.4, -0.2) is 19.0 Å². The Morgan fingerprint density at radius 1 is 1.40 bits per heavy atom. The zero-order valence-electron chi connectivity index (χ0n) is 7.96. The maximum atomic E-state index is 13.0. The van der Waals surface area contributed by atoms with Crippen molar-refractivity contribution < 1.29 is 13.6 Å². The van der Waals surface area contributed by atoms with Crippen molar-refractivity contribution in [1.29, 1.82) is 0 Å². The number of benzene rings is 1. The maximum Gasteiger partial charge on any atom is 0.240 e. The van der Waals surface area contributed by atoms with Crippen molar-refractivity contribution >= 4 is 11.6 Å². The molecule has 0 saturated carbocycles. The van der Waals surface area contributed by atoms with Gasteiger partial charge in [-0.15, -0.1) is 0 Å². The van der Waals surface area contributed by atoms with E-state index in [1.54, 1.807) is 0 Å². The molecule has 80 valence electrons. The molecule has 3 nitrogen and oxygen atoms in total. The van der Waals surface area contributed by atoms with Gasteiger partial charge in [-0.05, 0) is 18.1 Å². The van der Waals surface area contributed by atoms with E-state index in [1.807, 2.05) is 0 Å². The van der Waals surface area contributed by atoms with E-state index in [1.165, 1.54) is 4.90 Å². The molecule has 0 radical (unpaired) electrons. The van der Waals surface area contributed by atoms with Gasteiger partial charge in [0.05, 0.1) is 12.2 Å². The smallest absolute Gasteiger partial charge is 0.240 e. The molecule has 2 N–H and O–H groups in total. The quantitative estimate of drug-likeness (QED) is 0.748. The van der Waals surface area contributed by atoms with Gasteiger partial charge < -0.3 is 10.6 Å². The number of carbonyl (C=O) groups excluding carboxylic acids is 1. The maximum absolute atomic E-state index is 13.0. The second-order valence-corrected chi connectivity index (χ2v) is 3.39. The Labute approximate surface area is 85.5 Å². The number of hydrogen-bond acceptors (Lipinski definition) is 2. The van der Waals surface area contributed by atoms with Gasteiger partial charge in [0, 0.05) is 12.6 Å². The summed E-state index contributed by atoms with van der Waals surface area (Å²) in [6.45, 7) is 0.312. The van der Waals surface area contributed by atoms with Crippen molar-refractivity contribution in [3.05, 3.63) is 29.3 Å². The van der Waals surface area contributed by atoms with Crippen molar-refractivity contribution in [3.8, 4) is 0 Å². The van der Waals surface area contributed by atoms with Crippen LogP contribution in [0.1, 0.15) is 5.56 Å². The van der Waals surface area contributed by atoms with Crippen LogP contribution in [0.25, 0.3) is 0 Å². The van der Waals surface area contributed by atoms with E-state index >= 15 is 0 Å². The zero-order valence-corrected chi connectivity index (χ0v) is 7.96. The number of halogens is 2. The first-order chi connectivity index (χ1) is 7.13. The van der Waals surface area contributed by atoms with Crippen LogP contribution in [0.3, 0.4) is 0 Å². The van der Waals surface area contributed by atoms with E-state index in [4.69, 9.17) is 5.73 Å². The van der Waals surface area contributed by atoms with E-state index in [0.29, 0.717) is 24.2 Å². The lowest BCUT2D eigenvalue weighted by atomic mass is 10.1. The average Bonchev–Trinajstić information content (AvgIpc) is 2.61. The molecule has 0 spiro atoms. The normalized spacial score (nSPS) is 14.2. The summed E-state index contributed by atoms with van der Waals surface area (Å²) in [6.07, 6.45) is 0.540. The molecule has 0 aromatic heterocycles. The van der Waals surface area contributed by atoms with Gasteiger partial charge in [-0.25, -0.2) is 8.78 Å². The minimum Gasteiger partial charge on any atom is -0.322 e. The van der Waals surface area contributed by atoms with E-state index in [-0.39, 0.29) is 12.5 Å². The number of amides is 1. The fourth-order valence-corrected chi connectivity index (χ4v) is 1.75. The third kappa shape index (κ3) is 1.59. The van der Waals surface area contributed by atoms with Gasteiger partial charge in [0.15, 0.2) is 11.6 Å². The Balaban J connectivity index is 2.42. The lowest BCUT2D eigenvalue weighted by Crippen LogP contribution is -2.34. The van der Waals surface area contributed by atoms with Crippen LogP contribution in [0, 0.1) is 11.6 Å². The first-order valence-corrected chi connectivity index (χ1v) is 4.62. The molecule has 1 aromatic rings. The number of nitrogens with two attached hydrogens (primary N) is 1. The summed E-state index contributed by atoms with van der Waals surface area (Å²) in [7, 11) is 0. The molecule has 1 heterocycles. The summed E-state index contributed by atoms with van der Waals surface area (Å²) in [4.78, 5) is 12.7. The predicted molar refractivity (Wildman–Crippen MR) is 51.5 cm³/mol. The van der Waals surface area contributed by atoms with E-state index < -0.39 is 11.6 Å². The standard InChI is InChI=1S/C10H10F2N2O/c11-7-3-6-1-2-14(10(15)5-13)9(6)4-8(7)12/h3-4H,1-2,5,13H2. The van der Waals surface area contributed by atoms with Gasteiger partial charge in [-0.1, -0.05) is 0 Å². The van der Waals surface area contributed by atoms with Crippen molar-refractivity contribution in [1.82, 2.24) is 0 Å². The monoisotopic (exact) mass is 212 g/mol. The number of carbonyl (C=O) groups is 1. The molecule has 0 atom stereocenters. The Bertz CT molecular complexity index is 420. The molecule has 15 heavy (non-hydrogen) atoms. The minimum atomic E-state index is -0.939. The number of rotatable bonds is 1. The molecule has 0 unspecified atom stereocenters. The predicted octanol–water partition coefficient (Wildman–Crippen LogP) is 0.813. The second-order valence-electron chi connectivity index (χ2n) is 3.39. The lowest BCUT2D eigenvalue weighted by molar-refractivity contribution is -0.117. The number of anilines is 1.